The third-order valence-corrected chi connectivity index (χ3v) is 5.97. The van der Waals surface area contributed by atoms with Crippen LogP contribution >= 0.6 is 23.1 Å². The van der Waals surface area contributed by atoms with E-state index in [0.29, 0.717) is 0 Å². The SMILES string of the molecule is CNC(=O)CNC(=O)CSc1ncnc2sc3c(c12)CCCC3. The van der Waals surface area contributed by atoms with Crippen LogP contribution in [0.5, 0.6) is 0 Å². The molecule has 1 aliphatic rings. The maximum absolute atomic E-state index is 11.8. The van der Waals surface area contributed by atoms with Gasteiger partial charge in [0.1, 0.15) is 16.2 Å². The lowest BCUT2D eigenvalue weighted by Crippen LogP contribution is -2.36. The average Bonchev–Trinajstić information content (AvgIpc) is 2.96. The Balaban J connectivity index is 1.72. The van der Waals surface area contributed by atoms with Crippen LogP contribution in [0.25, 0.3) is 10.2 Å². The third kappa shape index (κ3) is 3.64. The monoisotopic (exact) mass is 350 g/mol. The van der Waals surface area contributed by atoms with Crippen molar-refractivity contribution in [2.45, 2.75) is 30.7 Å². The molecule has 2 heterocycles. The summed E-state index contributed by atoms with van der Waals surface area (Å²) in [4.78, 5) is 34.2. The molecule has 23 heavy (non-hydrogen) atoms. The number of thiophene rings is 1. The van der Waals surface area contributed by atoms with Gasteiger partial charge in [-0.2, -0.15) is 0 Å². The number of rotatable bonds is 5. The number of hydrogen-bond acceptors (Lipinski definition) is 6. The Labute approximate surface area is 142 Å². The van der Waals surface area contributed by atoms with Gasteiger partial charge in [0.05, 0.1) is 12.3 Å². The molecule has 0 unspecified atom stereocenters. The van der Waals surface area contributed by atoms with Gasteiger partial charge in [0.25, 0.3) is 0 Å². The number of amides is 2. The Kier molecular flexibility index (Phi) is 5.12. The zero-order chi connectivity index (χ0) is 16.2. The van der Waals surface area contributed by atoms with Crippen LogP contribution in [0.2, 0.25) is 0 Å². The summed E-state index contributed by atoms with van der Waals surface area (Å²) in [7, 11) is 1.54. The minimum atomic E-state index is -0.209. The molecule has 0 radical (unpaired) electrons. The Morgan fingerprint density at radius 2 is 2.09 bits per heavy atom. The van der Waals surface area contributed by atoms with Crippen molar-refractivity contribution in [3.05, 3.63) is 16.8 Å². The van der Waals surface area contributed by atoms with E-state index in [1.54, 1.807) is 24.7 Å². The Morgan fingerprint density at radius 1 is 1.26 bits per heavy atom. The van der Waals surface area contributed by atoms with Gasteiger partial charge in [0.2, 0.25) is 11.8 Å². The highest BCUT2D eigenvalue weighted by Crippen LogP contribution is 2.39. The van der Waals surface area contributed by atoms with E-state index < -0.39 is 0 Å². The number of aryl methyl sites for hydroxylation is 2. The standard InChI is InChI=1S/C15H18N4O2S2/c1-16-11(20)6-17-12(21)7-22-14-13-9-4-2-3-5-10(9)23-15(13)19-8-18-14/h8H,2-7H2,1H3,(H,16,20)(H,17,21). The number of thioether (sulfide) groups is 1. The van der Waals surface area contributed by atoms with Crippen LogP contribution in [0.15, 0.2) is 11.4 Å². The molecule has 0 saturated heterocycles. The summed E-state index contributed by atoms with van der Waals surface area (Å²) in [6.45, 7) is 0.00290. The number of nitrogens with zero attached hydrogens (tertiary/aromatic N) is 2. The molecule has 0 atom stereocenters. The largest absolute Gasteiger partial charge is 0.358 e. The Morgan fingerprint density at radius 3 is 2.91 bits per heavy atom. The highest BCUT2D eigenvalue weighted by molar-refractivity contribution is 8.00. The molecule has 2 aromatic heterocycles. The maximum Gasteiger partial charge on any atom is 0.239 e. The Hall–Kier alpha value is -1.67. The van der Waals surface area contributed by atoms with Crippen LogP contribution in [0.4, 0.5) is 0 Å². The fourth-order valence-corrected chi connectivity index (χ4v) is 4.77. The first-order valence-corrected chi connectivity index (χ1v) is 9.34. The fourth-order valence-electron chi connectivity index (χ4n) is 2.62. The van der Waals surface area contributed by atoms with Crippen molar-refractivity contribution in [3.8, 4) is 0 Å². The zero-order valence-corrected chi connectivity index (χ0v) is 14.5. The van der Waals surface area contributed by atoms with E-state index in [9.17, 15) is 9.59 Å². The van der Waals surface area contributed by atoms with Crippen molar-refractivity contribution in [1.82, 2.24) is 20.6 Å². The van der Waals surface area contributed by atoms with E-state index in [1.165, 1.54) is 35.0 Å². The maximum atomic E-state index is 11.8. The summed E-state index contributed by atoms with van der Waals surface area (Å²) in [6.07, 6.45) is 6.18. The molecule has 0 spiro atoms. The predicted octanol–water partition coefficient (Wildman–Crippen LogP) is 1.52. The van der Waals surface area contributed by atoms with Gasteiger partial charge >= 0.3 is 0 Å². The van der Waals surface area contributed by atoms with Crippen molar-refractivity contribution in [2.75, 3.05) is 19.3 Å². The number of carbonyl (C=O) groups excluding carboxylic acids is 2. The minimum absolute atomic E-state index is 0.00290. The number of carbonyl (C=O) groups is 2. The molecule has 2 N–H and O–H groups in total. The number of nitrogens with one attached hydrogen (secondary N) is 2. The second kappa shape index (κ2) is 7.27. The fraction of sp³-hybridized carbons (Fsp3) is 0.467. The number of hydrogen-bond donors (Lipinski definition) is 2. The lowest BCUT2D eigenvalue weighted by Gasteiger charge is -2.11. The van der Waals surface area contributed by atoms with Crippen molar-refractivity contribution in [2.24, 2.45) is 0 Å². The van der Waals surface area contributed by atoms with Crippen LogP contribution in [-0.2, 0) is 22.4 Å². The van der Waals surface area contributed by atoms with E-state index in [1.807, 2.05) is 0 Å². The van der Waals surface area contributed by atoms with Crippen molar-refractivity contribution < 1.29 is 9.59 Å². The van der Waals surface area contributed by atoms with Gasteiger partial charge < -0.3 is 10.6 Å². The highest BCUT2D eigenvalue weighted by Gasteiger charge is 2.20. The quantitative estimate of drug-likeness (QED) is 0.631. The second-order valence-corrected chi connectivity index (χ2v) is 7.36. The first-order valence-electron chi connectivity index (χ1n) is 7.54. The molecule has 0 aliphatic heterocycles. The van der Waals surface area contributed by atoms with E-state index in [2.05, 4.69) is 20.6 Å². The summed E-state index contributed by atoms with van der Waals surface area (Å²) in [6, 6.07) is 0. The molecule has 6 nitrogen and oxygen atoms in total. The zero-order valence-electron chi connectivity index (χ0n) is 12.8. The van der Waals surface area contributed by atoms with Crippen molar-refractivity contribution >= 4 is 45.1 Å². The van der Waals surface area contributed by atoms with E-state index in [4.69, 9.17) is 0 Å². The third-order valence-electron chi connectivity index (χ3n) is 3.78. The minimum Gasteiger partial charge on any atom is -0.358 e. The second-order valence-electron chi connectivity index (χ2n) is 5.31. The van der Waals surface area contributed by atoms with Gasteiger partial charge in [0.15, 0.2) is 0 Å². The topological polar surface area (TPSA) is 84.0 Å². The molecule has 0 fully saturated rings. The van der Waals surface area contributed by atoms with Crippen molar-refractivity contribution in [3.63, 3.8) is 0 Å². The van der Waals surface area contributed by atoms with Gasteiger partial charge in [0, 0.05) is 17.3 Å². The van der Waals surface area contributed by atoms with Gasteiger partial charge in [-0.25, -0.2) is 9.97 Å². The normalized spacial score (nSPS) is 13.6. The van der Waals surface area contributed by atoms with Crippen LogP contribution in [-0.4, -0.2) is 41.1 Å². The summed E-state index contributed by atoms with van der Waals surface area (Å²) in [5.41, 5.74) is 1.37. The molecule has 0 aromatic carbocycles. The van der Waals surface area contributed by atoms with E-state index >= 15 is 0 Å². The van der Waals surface area contributed by atoms with Gasteiger partial charge in [-0.1, -0.05) is 11.8 Å². The van der Waals surface area contributed by atoms with E-state index in [-0.39, 0.29) is 24.1 Å². The van der Waals surface area contributed by atoms with Crippen LogP contribution in [0.3, 0.4) is 0 Å². The molecule has 2 amide bonds. The summed E-state index contributed by atoms with van der Waals surface area (Å²) in [5.74, 6) is -0.137. The van der Waals surface area contributed by atoms with Crippen LogP contribution < -0.4 is 10.6 Å². The average molecular weight is 350 g/mol. The molecule has 122 valence electrons. The Bertz CT molecular complexity index is 744. The lowest BCUT2D eigenvalue weighted by molar-refractivity contribution is -0.124. The van der Waals surface area contributed by atoms with Crippen LogP contribution in [0.1, 0.15) is 23.3 Å². The number of aromatic nitrogens is 2. The molecule has 1 aliphatic carbocycles. The molecule has 0 bridgehead atoms. The summed E-state index contributed by atoms with van der Waals surface area (Å²) in [5, 5.41) is 7.05. The molecule has 8 heteroatoms. The molecular formula is C15H18N4O2S2. The number of likely N-dealkylation sites (N-methyl/N-ethyl adjacent to an activating group) is 1. The summed E-state index contributed by atoms with van der Waals surface area (Å²) >= 11 is 3.15. The lowest BCUT2D eigenvalue weighted by atomic mass is 9.97. The molecular weight excluding hydrogens is 332 g/mol. The van der Waals surface area contributed by atoms with Crippen LogP contribution in [0, 0.1) is 0 Å². The van der Waals surface area contributed by atoms with Crippen molar-refractivity contribution in [1.29, 1.82) is 0 Å². The smallest absolute Gasteiger partial charge is 0.239 e. The summed E-state index contributed by atoms with van der Waals surface area (Å²) < 4.78 is 0. The van der Waals surface area contributed by atoms with Gasteiger partial charge in [-0.15, -0.1) is 11.3 Å². The molecule has 0 saturated carbocycles. The molecule has 3 rings (SSSR count). The highest BCUT2D eigenvalue weighted by atomic mass is 32.2. The van der Waals surface area contributed by atoms with E-state index in [0.717, 1.165) is 28.1 Å². The number of fused-ring (bicyclic) bond motifs is 3. The van der Waals surface area contributed by atoms with Gasteiger partial charge in [-0.3, -0.25) is 9.59 Å². The van der Waals surface area contributed by atoms with Gasteiger partial charge in [-0.05, 0) is 31.2 Å². The predicted molar refractivity (Wildman–Crippen MR) is 91.9 cm³/mol. The first-order chi connectivity index (χ1) is 11.2. The molecule has 2 aromatic rings. The first kappa shape index (κ1) is 16.2.